The largest absolute Gasteiger partial charge is 0.371 e. The summed E-state index contributed by atoms with van der Waals surface area (Å²) >= 11 is 0. The molecule has 0 bridgehead atoms. The Morgan fingerprint density at radius 1 is 0.905 bits per heavy atom. The van der Waals surface area contributed by atoms with Crippen molar-refractivity contribution < 1.29 is 4.74 Å². The lowest BCUT2D eigenvalue weighted by atomic mass is 9.93. The molecule has 21 heavy (non-hydrogen) atoms. The van der Waals surface area contributed by atoms with Crippen molar-refractivity contribution in [2.45, 2.75) is 32.6 Å². The van der Waals surface area contributed by atoms with E-state index in [2.05, 4.69) is 67.7 Å². The Balaban J connectivity index is 2.10. The molecule has 2 aromatic rings. The number of rotatable bonds is 7. The molecule has 0 saturated carbocycles. The number of hydrogen-bond donors (Lipinski definition) is 1. The van der Waals surface area contributed by atoms with E-state index in [-0.39, 0.29) is 12.1 Å². The van der Waals surface area contributed by atoms with E-state index in [1.807, 2.05) is 19.2 Å². The van der Waals surface area contributed by atoms with Crippen LogP contribution in [-0.2, 0) is 11.3 Å². The Bertz CT molecular complexity index is 510. The first kappa shape index (κ1) is 15.7. The molecule has 0 heterocycles. The molecule has 2 rings (SSSR count). The lowest BCUT2D eigenvalue weighted by Gasteiger charge is -2.30. The summed E-state index contributed by atoms with van der Waals surface area (Å²) in [7, 11) is 2.00. The Morgan fingerprint density at radius 2 is 1.48 bits per heavy atom. The fourth-order valence-electron chi connectivity index (χ4n) is 2.62. The van der Waals surface area contributed by atoms with Gasteiger partial charge in [-0.1, -0.05) is 74.5 Å². The Labute approximate surface area is 128 Å². The van der Waals surface area contributed by atoms with E-state index in [4.69, 9.17) is 4.74 Å². The second-order valence-corrected chi connectivity index (χ2v) is 5.68. The van der Waals surface area contributed by atoms with E-state index in [9.17, 15) is 0 Å². The van der Waals surface area contributed by atoms with Crippen LogP contribution in [0, 0.1) is 5.92 Å². The van der Waals surface area contributed by atoms with Crippen molar-refractivity contribution in [3.63, 3.8) is 0 Å². The Hall–Kier alpha value is -1.64. The standard InChI is InChI=1S/C19H25NO/c1-15(2)19(21-14-16-10-6-4-7-11-16)18(20-3)17-12-8-5-9-13-17/h4-13,15,18-20H,14H2,1-3H3. The van der Waals surface area contributed by atoms with Gasteiger partial charge >= 0.3 is 0 Å². The van der Waals surface area contributed by atoms with Crippen LogP contribution in [0.4, 0.5) is 0 Å². The van der Waals surface area contributed by atoms with Gasteiger partial charge in [-0.3, -0.25) is 0 Å². The average Bonchev–Trinajstić information content (AvgIpc) is 2.53. The zero-order valence-corrected chi connectivity index (χ0v) is 13.1. The molecule has 2 atom stereocenters. The number of hydrogen-bond acceptors (Lipinski definition) is 2. The topological polar surface area (TPSA) is 21.3 Å². The predicted octanol–water partition coefficient (Wildman–Crippen LogP) is 4.19. The fourth-order valence-corrected chi connectivity index (χ4v) is 2.62. The van der Waals surface area contributed by atoms with Gasteiger partial charge in [0.05, 0.1) is 18.8 Å². The molecular formula is C19H25NO. The second-order valence-electron chi connectivity index (χ2n) is 5.68. The monoisotopic (exact) mass is 283 g/mol. The van der Waals surface area contributed by atoms with Crippen LogP contribution in [0.5, 0.6) is 0 Å². The quantitative estimate of drug-likeness (QED) is 0.822. The highest BCUT2D eigenvalue weighted by Crippen LogP contribution is 2.25. The van der Waals surface area contributed by atoms with Crippen LogP contribution in [0.2, 0.25) is 0 Å². The van der Waals surface area contributed by atoms with Gasteiger partial charge in [-0.05, 0) is 24.1 Å². The van der Waals surface area contributed by atoms with Crippen molar-refractivity contribution in [2.24, 2.45) is 5.92 Å². The van der Waals surface area contributed by atoms with E-state index in [0.29, 0.717) is 12.5 Å². The van der Waals surface area contributed by atoms with E-state index in [0.717, 1.165) is 0 Å². The van der Waals surface area contributed by atoms with Crippen LogP contribution in [-0.4, -0.2) is 13.2 Å². The highest BCUT2D eigenvalue weighted by Gasteiger charge is 2.25. The molecule has 112 valence electrons. The van der Waals surface area contributed by atoms with E-state index >= 15 is 0 Å². The first-order valence-electron chi connectivity index (χ1n) is 7.60. The van der Waals surface area contributed by atoms with Crippen molar-refractivity contribution in [3.05, 3.63) is 71.8 Å². The summed E-state index contributed by atoms with van der Waals surface area (Å²) in [5.74, 6) is 0.436. The molecule has 2 unspecified atom stereocenters. The molecule has 2 nitrogen and oxygen atoms in total. The predicted molar refractivity (Wildman–Crippen MR) is 88.1 cm³/mol. The van der Waals surface area contributed by atoms with Crippen LogP contribution in [0.3, 0.4) is 0 Å². The maximum absolute atomic E-state index is 6.23. The van der Waals surface area contributed by atoms with Crippen molar-refractivity contribution >= 4 is 0 Å². The van der Waals surface area contributed by atoms with Crippen molar-refractivity contribution in [2.75, 3.05) is 7.05 Å². The van der Waals surface area contributed by atoms with Crippen molar-refractivity contribution in [3.8, 4) is 0 Å². The summed E-state index contributed by atoms with van der Waals surface area (Å²) in [6, 6.07) is 21.1. The molecule has 2 heteroatoms. The summed E-state index contributed by atoms with van der Waals surface area (Å²) in [5, 5.41) is 3.41. The molecule has 0 spiro atoms. The summed E-state index contributed by atoms with van der Waals surface area (Å²) in [6.07, 6.45) is 0.137. The summed E-state index contributed by atoms with van der Waals surface area (Å²) in [4.78, 5) is 0. The normalized spacial score (nSPS) is 14.1. The smallest absolute Gasteiger partial charge is 0.0796 e. The third kappa shape index (κ3) is 4.42. The number of nitrogens with one attached hydrogen (secondary N) is 1. The van der Waals surface area contributed by atoms with Gasteiger partial charge in [0.25, 0.3) is 0 Å². The number of ether oxygens (including phenoxy) is 1. The molecule has 0 fully saturated rings. The molecule has 0 aromatic heterocycles. The lowest BCUT2D eigenvalue weighted by Crippen LogP contribution is -2.35. The maximum Gasteiger partial charge on any atom is 0.0796 e. The number of benzene rings is 2. The van der Waals surface area contributed by atoms with E-state index in [1.165, 1.54) is 11.1 Å². The zero-order chi connectivity index (χ0) is 15.1. The molecule has 0 saturated heterocycles. The Kier molecular flexibility index (Phi) is 5.97. The highest BCUT2D eigenvalue weighted by atomic mass is 16.5. The van der Waals surface area contributed by atoms with Gasteiger partial charge in [-0.25, -0.2) is 0 Å². The average molecular weight is 283 g/mol. The summed E-state index contributed by atoms with van der Waals surface area (Å²) < 4.78 is 6.23. The van der Waals surface area contributed by atoms with Gasteiger partial charge in [0.2, 0.25) is 0 Å². The van der Waals surface area contributed by atoms with Gasteiger partial charge in [0, 0.05) is 0 Å². The first-order chi connectivity index (χ1) is 10.2. The summed E-state index contributed by atoms with van der Waals surface area (Å²) in [6.45, 7) is 5.07. The molecule has 0 amide bonds. The van der Waals surface area contributed by atoms with Gasteiger partial charge in [-0.15, -0.1) is 0 Å². The van der Waals surface area contributed by atoms with Crippen LogP contribution >= 0.6 is 0 Å². The van der Waals surface area contributed by atoms with Crippen LogP contribution in [0.25, 0.3) is 0 Å². The minimum Gasteiger partial charge on any atom is -0.371 e. The molecule has 0 radical (unpaired) electrons. The SMILES string of the molecule is CNC(c1ccccc1)C(OCc1ccccc1)C(C)C. The highest BCUT2D eigenvalue weighted by molar-refractivity contribution is 5.20. The third-order valence-corrected chi connectivity index (χ3v) is 3.74. The second kappa shape index (κ2) is 7.96. The maximum atomic E-state index is 6.23. The Morgan fingerprint density at radius 3 is 2.00 bits per heavy atom. The molecule has 2 aromatic carbocycles. The minimum atomic E-state index is 0.137. The lowest BCUT2D eigenvalue weighted by molar-refractivity contribution is -0.0135. The third-order valence-electron chi connectivity index (χ3n) is 3.74. The molecule has 0 aliphatic heterocycles. The van der Waals surface area contributed by atoms with E-state index < -0.39 is 0 Å². The van der Waals surface area contributed by atoms with E-state index in [1.54, 1.807) is 0 Å². The first-order valence-corrected chi connectivity index (χ1v) is 7.60. The minimum absolute atomic E-state index is 0.137. The van der Waals surface area contributed by atoms with Crippen molar-refractivity contribution in [1.29, 1.82) is 0 Å². The zero-order valence-electron chi connectivity index (χ0n) is 13.1. The van der Waals surface area contributed by atoms with Crippen LogP contribution in [0.15, 0.2) is 60.7 Å². The van der Waals surface area contributed by atoms with Crippen LogP contribution in [0.1, 0.15) is 31.0 Å². The van der Waals surface area contributed by atoms with Crippen molar-refractivity contribution in [1.82, 2.24) is 5.32 Å². The molecule has 1 N–H and O–H groups in total. The fraction of sp³-hybridized carbons (Fsp3) is 0.368. The molecular weight excluding hydrogens is 258 g/mol. The van der Waals surface area contributed by atoms with Gasteiger partial charge in [0.1, 0.15) is 0 Å². The summed E-state index contributed by atoms with van der Waals surface area (Å²) in [5.41, 5.74) is 2.48. The number of likely N-dealkylation sites (N-methyl/N-ethyl adjacent to an activating group) is 1. The van der Waals surface area contributed by atoms with Gasteiger partial charge < -0.3 is 10.1 Å². The van der Waals surface area contributed by atoms with Crippen LogP contribution < -0.4 is 5.32 Å². The molecule has 0 aliphatic carbocycles. The van der Waals surface area contributed by atoms with Gasteiger partial charge in [0.15, 0.2) is 0 Å². The molecule has 0 aliphatic rings. The van der Waals surface area contributed by atoms with Gasteiger partial charge in [-0.2, -0.15) is 0 Å².